The van der Waals surface area contributed by atoms with Crippen LogP contribution in [0.4, 0.5) is 0 Å². The number of unbranched alkanes of at least 4 members (excludes halogenated alkanes) is 37. The SMILES string of the molecule is CCCCCCCCC1C(CCCCCC)CCC(CCCCCCCCC(C)(CCCC)n2c(=O)c3cc4c(=O)n(CCCCCCCCC5C(CCCCCCCCC(C)(C)/C=C\C(N)=O)CCC(CCCCCC)C5CCCCCCCC)c(=O)c4cc3c2=O)C1CCCCCCCCN1C(=O)C=CC1=O. The number of imide groups is 1. The van der Waals surface area contributed by atoms with Crippen LogP contribution in [0.1, 0.15) is 447 Å². The van der Waals surface area contributed by atoms with Crippen LogP contribution in [0.25, 0.3) is 21.5 Å². The van der Waals surface area contributed by atoms with E-state index in [1.54, 1.807) is 12.1 Å². The van der Waals surface area contributed by atoms with Gasteiger partial charge in [0.2, 0.25) is 5.91 Å². The van der Waals surface area contributed by atoms with Crippen molar-refractivity contribution in [3.8, 4) is 0 Å². The number of hydrogen-bond donors (Lipinski definition) is 1. The fourth-order valence-electron chi connectivity index (χ4n) is 21.0. The van der Waals surface area contributed by atoms with Gasteiger partial charge in [-0.15, -0.1) is 0 Å². The van der Waals surface area contributed by atoms with Gasteiger partial charge < -0.3 is 5.73 Å². The van der Waals surface area contributed by atoms with E-state index in [4.69, 9.17) is 5.73 Å². The molecule has 0 bridgehead atoms. The molecule has 1 aromatic carbocycles. The van der Waals surface area contributed by atoms with E-state index >= 15 is 0 Å². The van der Waals surface area contributed by atoms with E-state index in [1.807, 2.05) is 6.08 Å². The van der Waals surface area contributed by atoms with Gasteiger partial charge in [0.15, 0.2) is 0 Å². The Morgan fingerprint density at radius 1 is 0.349 bits per heavy atom. The summed E-state index contributed by atoms with van der Waals surface area (Å²) in [5.74, 6) is 6.15. The van der Waals surface area contributed by atoms with E-state index in [0.29, 0.717) is 13.1 Å². The van der Waals surface area contributed by atoms with Crippen molar-refractivity contribution in [3.05, 3.63) is 77.9 Å². The molecule has 1 aliphatic heterocycles. The number of rotatable bonds is 66. The van der Waals surface area contributed by atoms with Crippen LogP contribution in [0, 0.1) is 52.8 Å². The number of benzene rings is 1. The minimum absolute atomic E-state index is 0.00352. The number of carbonyl (C=O) groups is 3. The molecule has 11 heteroatoms. The number of fused-ring (bicyclic) bond motifs is 2. The lowest BCUT2D eigenvalue weighted by Crippen LogP contribution is -2.43. The summed E-state index contributed by atoms with van der Waals surface area (Å²) in [6, 6.07) is 3.17. The fraction of sp³-hybridized carbons (Fsp3) is 0.827. The Morgan fingerprint density at radius 3 is 0.972 bits per heavy atom. The first-order chi connectivity index (χ1) is 52.9. The van der Waals surface area contributed by atoms with E-state index in [9.17, 15) is 33.6 Å². The highest BCUT2D eigenvalue weighted by Crippen LogP contribution is 2.50. The Kier molecular flexibility index (Phi) is 46.0. The van der Waals surface area contributed by atoms with Gasteiger partial charge in [0.05, 0.1) is 21.5 Å². The molecule has 2 aromatic heterocycles. The van der Waals surface area contributed by atoms with Crippen LogP contribution >= 0.6 is 0 Å². The normalized spacial score (nSPS) is 20.5. The number of nitrogens with two attached hydrogens (primary N) is 1. The quantitative estimate of drug-likeness (QED) is 0.0335. The maximum Gasteiger partial charge on any atom is 0.262 e. The monoisotopic (exact) mass is 1510 g/mol. The van der Waals surface area contributed by atoms with Crippen LogP contribution in [-0.2, 0) is 26.5 Å². The molecule has 0 radical (unpaired) electrons. The van der Waals surface area contributed by atoms with Gasteiger partial charge in [0, 0.05) is 30.8 Å². The molecule has 2 fully saturated rings. The summed E-state index contributed by atoms with van der Waals surface area (Å²) >= 11 is 0. The molecule has 3 aromatic rings. The molecule has 2 aliphatic carbocycles. The third-order valence-corrected chi connectivity index (χ3v) is 27.7. The van der Waals surface area contributed by atoms with Crippen molar-refractivity contribution in [2.24, 2.45) is 58.5 Å². The molecule has 2 saturated carbocycles. The Morgan fingerprint density at radius 2 is 0.624 bits per heavy atom. The van der Waals surface area contributed by atoms with Crippen molar-refractivity contribution in [1.29, 1.82) is 0 Å². The third-order valence-electron chi connectivity index (χ3n) is 27.7. The van der Waals surface area contributed by atoms with E-state index in [0.717, 1.165) is 131 Å². The lowest BCUT2D eigenvalue weighted by Gasteiger charge is -2.44. The number of primary amides is 1. The summed E-state index contributed by atoms with van der Waals surface area (Å²) in [6.45, 7) is 18.9. The lowest BCUT2D eigenvalue weighted by atomic mass is 9.61. The van der Waals surface area contributed by atoms with Gasteiger partial charge in [0.25, 0.3) is 34.1 Å². The number of amides is 3. The first kappa shape index (κ1) is 93.5. The van der Waals surface area contributed by atoms with Gasteiger partial charge in [-0.3, -0.25) is 47.6 Å². The van der Waals surface area contributed by atoms with Crippen molar-refractivity contribution in [1.82, 2.24) is 14.0 Å². The first-order valence-corrected chi connectivity index (χ1v) is 47.4. The molecule has 9 atom stereocenters. The van der Waals surface area contributed by atoms with Crippen LogP contribution in [0.5, 0.6) is 0 Å². The summed E-state index contributed by atoms with van der Waals surface area (Å²) < 4.78 is 2.90. The maximum absolute atomic E-state index is 14.6. The second-order valence-electron chi connectivity index (χ2n) is 36.9. The Labute approximate surface area is 666 Å². The molecule has 620 valence electrons. The average molecular weight is 1510 g/mol. The second-order valence-corrected chi connectivity index (χ2v) is 36.9. The highest BCUT2D eigenvalue weighted by Gasteiger charge is 2.40. The number of hydrogen-bond acceptors (Lipinski definition) is 7. The zero-order valence-electron chi connectivity index (χ0n) is 71.9. The highest BCUT2D eigenvalue weighted by atomic mass is 16.2. The zero-order valence-corrected chi connectivity index (χ0v) is 71.9. The molecule has 109 heavy (non-hydrogen) atoms. The summed E-state index contributed by atoms with van der Waals surface area (Å²) in [7, 11) is 0. The standard InChI is InChI=1S/C98H166N4O7/c1-9-14-19-23-35-47-59-82-79(56-44-22-17-12-4)64-66-81(84(82)61-49-37-27-31-41-53-74-100-91(104)67-68-92(100)105)58-46-34-26-30-40-52-72-98(8,71-18-13-5)102-95(108)88-76-86-87(77-89(88)96(102)109)94(107)101(93(86)106)75-54-42-32-28-38-50-62-85-80(57-45-33-25-29-39-51-70-97(6,7)73-69-90(99)103)65-63-78(55-43-21-16-11-3)83(85)60-48-36-24-20-15-10-2/h67-69,73,76-85H,9-66,70-72,74-75H2,1-8H3,(H2,99,103)/b73-69-. The minimum Gasteiger partial charge on any atom is -0.366 e. The first-order valence-electron chi connectivity index (χ1n) is 47.4. The molecular formula is C98H166N4O7. The Balaban J connectivity index is 0.993. The van der Waals surface area contributed by atoms with E-state index in [2.05, 4.69) is 55.4 Å². The minimum atomic E-state index is -0.655. The third kappa shape index (κ3) is 32.4. The maximum atomic E-state index is 14.6. The van der Waals surface area contributed by atoms with Crippen LogP contribution in [0.3, 0.4) is 0 Å². The molecule has 3 heterocycles. The topological polar surface area (TPSA) is 159 Å². The summed E-state index contributed by atoms with van der Waals surface area (Å²) in [4.78, 5) is 94.4. The number of nitrogens with zero attached hydrogens (tertiary/aromatic N) is 3. The van der Waals surface area contributed by atoms with Crippen LogP contribution in [-0.4, -0.2) is 38.3 Å². The lowest BCUT2D eigenvalue weighted by molar-refractivity contribution is -0.136. The van der Waals surface area contributed by atoms with E-state index in [1.165, 1.54) is 340 Å². The molecular weight excluding hydrogens is 1350 g/mol. The smallest absolute Gasteiger partial charge is 0.262 e. The average Bonchev–Trinajstić information content (AvgIpc) is 1.57. The van der Waals surface area contributed by atoms with Gasteiger partial charge in [-0.1, -0.05) is 363 Å². The van der Waals surface area contributed by atoms with Crippen molar-refractivity contribution < 1.29 is 14.4 Å². The predicted molar refractivity (Wildman–Crippen MR) is 464 cm³/mol. The zero-order chi connectivity index (χ0) is 78.5. The summed E-state index contributed by atoms with van der Waals surface area (Å²) in [5, 5.41) is 1.09. The molecule has 0 spiro atoms. The van der Waals surface area contributed by atoms with Gasteiger partial charge in [-0.05, 0) is 161 Å². The van der Waals surface area contributed by atoms with Crippen LogP contribution < -0.4 is 28.0 Å². The molecule has 0 saturated heterocycles. The largest absolute Gasteiger partial charge is 0.366 e. The molecule has 11 nitrogen and oxygen atoms in total. The van der Waals surface area contributed by atoms with Crippen LogP contribution in [0.15, 0.2) is 55.6 Å². The van der Waals surface area contributed by atoms with Gasteiger partial charge in [-0.25, -0.2) is 0 Å². The molecule has 2 N–H and O–H groups in total. The van der Waals surface area contributed by atoms with Crippen molar-refractivity contribution >= 4 is 39.3 Å². The molecule has 9 unspecified atom stereocenters. The fourth-order valence-corrected chi connectivity index (χ4v) is 21.0. The van der Waals surface area contributed by atoms with Crippen molar-refractivity contribution in [3.63, 3.8) is 0 Å². The number of aromatic nitrogens is 2. The van der Waals surface area contributed by atoms with Crippen molar-refractivity contribution in [2.75, 3.05) is 6.54 Å². The van der Waals surface area contributed by atoms with E-state index < -0.39 is 5.54 Å². The summed E-state index contributed by atoms with van der Waals surface area (Å²) in [6.07, 6.45) is 83.0. The second kappa shape index (κ2) is 53.6. The number of allylic oxidation sites excluding steroid dienone is 1. The van der Waals surface area contributed by atoms with Gasteiger partial charge in [-0.2, -0.15) is 0 Å². The molecule has 3 amide bonds. The predicted octanol–water partition coefficient (Wildman–Crippen LogP) is 26.5. The summed E-state index contributed by atoms with van der Waals surface area (Å²) in [5.41, 5.74) is 3.42. The highest BCUT2D eigenvalue weighted by molar-refractivity contribution is 6.12. The Bertz CT molecular complexity index is 3170. The van der Waals surface area contributed by atoms with Gasteiger partial charge >= 0.3 is 0 Å². The molecule has 6 rings (SSSR count). The molecule has 3 aliphatic rings. The van der Waals surface area contributed by atoms with Crippen molar-refractivity contribution in [2.45, 2.75) is 459 Å². The van der Waals surface area contributed by atoms with Crippen LogP contribution in [0.2, 0.25) is 0 Å². The number of carbonyl (C=O) groups excluding carboxylic acids is 3. The van der Waals surface area contributed by atoms with E-state index in [-0.39, 0.29) is 66.9 Å². The van der Waals surface area contributed by atoms with Gasteiger partial charge in [0.1, 0.15) is 0 Å². The Hall–Kier alpha value is -4.41.